The third-order valence-corrected chi connectivity index (χ3v) is 3.56. The number of halogens is 2. The predicted octanol–water partition coefficient (Wildman–Crippen LogP) is 3.63. The molecule has 0 aliphatic rings. The van der Waals surface area contributed by atoms with Gasteiger partial charge in [-0.2, -0.15) is 0 Å². The number of thioether (sulfide) groups is 1. The molecule has 0 radical (unpaired) electrons. The maximum absolute atomic E-state index is 13.6. The van der Waals surface area contributed by atoms with Crippen LogP contribution in [-0.4, -0.2) is 17.5 Å². The third kappa shape index (κ3) is 3.95. The molecule has 0 heterocycles. The van der Waals surface area contributed by atoms with Gasteiger partial charge < -0.3 is 9.84 Å². The standard InChI is InChI=1S/C15H14F2O2S/c16-13-8-11(10-18)9-14(17)15(13)19-6-7-20-12-4-2-1-3-5-12/h1-5,8-9,18H,6-7,10H2. The van der Waals surface area contributed by atoms with Crippen molar-refractivity contribution in [2.75, 3.05) is 12.4 Å². The van der Waals surface area contributed by atoms with Gasteiger partial charge in [-0.25, -0.2) is 8.78 Å². The van der Waals surface area contributed by atoms with Crippen LogP contribution in [0.4, 0.5) is 8.78 Å². The first-order chi connectivity index (χ1) is 9.70. The lowest BCUT2D eigenvalue weighted by atomic mass is 10.2. The van der Waals surface area contributed by atoms with Crippen molar-refractivity contribution >= 4 is 11.8 Å². The summed E-state index contributed by atoms with van der Waals surface area (Å²) in [4.78, 5) is 1.08. The molecule has 5 heteroatoms. The molecule has 2 rings (SSSR count). The predicted molar refractivity (Wildman–Crippen MR) is 74.9 cm³/mol. The molecular weight excluding hydrogens is 282 g/mol. The molecule has 0 saturated carbocycles. The second-order valence-corrected chi connectivity index (χ2v) is 5.23. The number of aliphatic hydroxyl groups excluding tert-OH is 1. The van der Waals surface area contributed by atoms with E-state index in [1.165, 1.54) is 0 Å². The van der Waals surface area contributed by atoms with Crippen molar-refractivity contribution in [2.45, 2.75) is 11.5 Å². The molecule has 0 atom stereocenters. The lowest BCUT2D eigenvalue weighted by Crippen LogP contribution is -2.04. The van der Waals surface area contributed by atoms with Crippen LogP contribution in [-0.2, 0) is 6.61 Å². The van der Waals surface area contributed by atoms with E-state index in [0.717, 1.165) is 17.0 Å². The first kappa shape index (κ1) is 14.8. The summed E-state index contributed by atoms with van der Waals surface area (Å²) in [5.41, 5.74) is 0.186. The number of ether oxygens (including phenoxy) is 1. The minimum Gasteiger partial charge on any atom is -0.487 e. The molecule has 0 aliphatic carbocycles. The smallest absolute Gasteiger partial charge is 0.190 e. The molecule has 0 unspecified atom stereocenters. The van der Waals surface area contributed by atoms with Crippen molar-refractivity contribution in [2.24, 2.45) is 0 Å². The Balaban J connectivity index is 1.88. The van der Waals surface area contributed by atoms with Gasteiger partial charge in [0.2, 0.25) is 0 Å². The molecule has 0 bridgehead atoms. The lowest BCUT2D eigenvalue weighted by molar-refractivity contribution is 0.276. The van der Waals surface area contributed by atoms with Crippen LogP contribution < -0.4 is 4.74 Å². The zero-order valence-electron chi connectivity index (χ0n) is 10.7. The Bertz CT molecular complexity index is 538. The van der Waals surface area contributed by atoms with Crippen LogP contribution in [0.5, 0.6) is 5.75 Å². The van der Waals surface area contributed by atoms with Gasteiger partial charge in [0, 0.05) is 10.6 Å². The van der Waals surface area contributed by atoms with Crippen LogP contribution in [0.15, 0.2) is 47.4 Å². The number of aliphatic hydroxyl groups is 1. The van der Waals surface area contributed by atoms with Gasteiger partial charge in [-0.1, -0.05) is 18.2 Å². The van der Waals surface area contributed by atoms with Crippen molar-refractivity contribution in [3.8, 4) is 5.75 Å². The molecule has 0 saturated heterocycles. The fourth-order valence-corrected chi connectivity index (χ4v) is 2.41. The van der Waals surface area contributed by atoms with Crippen molar-refractivity contribution in [3.05, 3.63) is 59.7 Å². The van der Waals surface area contributed by atoms with E-state index < -0.39 is 24.0 Å². The minimum absolute atomic E-state index is 0.186. The highest BCUT2D eigenvalue weighted by Gasteiger charge is 2.12. The summed E-state index contributed by atoms with van der Waals surface area (Å²) in [5, 5.41) is 8.84. The Kier molecular flexibility index (Phi) is 5.38. The van der Waals surface area contributed by atoms with E-state index in [1.54, 1.807) is 11.8 Å². The summed E-state index contributed by atoms with van der Waals surface area (Å²) >= 11 is 1.55. The normalized spacial score (nSPS) is 10.6. The van der Waals surface area contributed by atoms with Gasteiger partial charge in [-0.15, -0.1) is 11.8 Å². The Morgan fingerprint density at radius 3 is 2.30 bits per heavy atom. The quantitative estimate of drug-likeness (QED) is 0.652. The van der Waals surface area contributed by atoms with Gasteiger partial charge in [0.25, 0.3) is 0 Å². The van der Waals surface area contributed by atoms with Crippen LogP contribution in [0.25, 0.3) is 0 Å². The minimum atomic E-state index is -0.793. The second kappa shape index (κ2) is 7.26. The Morgan fingerprint density at radius 1 is 1.05 bits per heavy atom. The summed E-state index contributed by atoms with van der Waals surface area (Å²) in [6.45, 7) is -0.205. The molecule has 106 valence electrons. The average molecular weight is 296 g/mol. The van der Waals surface area contributed by atoms with E-state index in [1.807, 2.05) is 30.3 Å². The van der Waals surface area contributed by atoms with E-state index in [4.69, 9.17) is 9.84 Å². The van der Waals surface area contributed by atoms with Gasteiger partial charge in [0.15, 0.2) is 17.4 Å². The fraction of sp³-hybridized carbons (Fsp3) is 0.200. The van der Waals surface area contributed by atoms with Crippen molar-refractivity contribution in [3.63, 3.8) is 0 Å². The third-order valence-electron chi connectivity index (χ3n) is 2.58. The number of benzene rings is 2. The van der Waals surface area contributed by atoms with Crippen LogP contribution in [0.1, 0.15) is 5.56 Å². The van der Waals surface area contributed by atoms with Gasteiger partial charge in [-0.3, -0.25) is 0 Å². The Hall–Kier alpha value is -1.59. The monoisotopic (exact) mass is 296 g/mol. The molecule has 0 aromatic heterocycles. The van der Waals surface area contributed by atoms with E-state index in [2.05, 4.69) is 0 Å². The summed E-state index contributed by atoms with van der Waals surface area (Å²) in [5.74, 6) is -1.39. The molecule has 20 heavy (non-hydrogen) atoms. The first-order valence-corrected chi connectivity index (χ1v) is 7.08. The summed E-state index contributed by atoms with van der Waals surface area (Å²) in [6.07, 6.45) is 0. The molecular formula is C15H14F2O2S. The molecule has 2 nitrogen and oxygen atoms in total. The molecule has 2 aromatic rings. The Labute approximate surface area is 120 Å². The van der Waals surface area contributed by atoms with E-state index >= 15 is 0 Å². The number of rotatable bonds is 6. The van der Waals surface area contributed by atoms with E-state index in [9.17, 15) is 8.78 Å². The number of hydrogen-bond donors (Lipinski definition) is 1. The van der Waals surface area contributed by atoms with Crippen molar-refractivity contribution in [1.82, 2.24) is 0 Å². The second-order valence-electron chi connectivity index (χ2n) is 4.06. The molecule has 0 aliphatic heterocycles. The number of hydrogen-bond acceptors (Lipinski definition) is 3. The highest BCUT2D eigenvalue weighted by molar-refractivity contribution is 7.99. The maximum Gasteiger partial charge on any atom is 0.190 e. The largest absolute Gasteiger partial charge is 0.487 e. The first-order valence-electron chi connectivity index (χ1n) is 6.10. The zero-order chi connectivity index (χ0) is 14.4. The SMILES string of the molecule is OCc1cc(F)c(OCCSc2ccccc2)c(F)c1. The van der Waals surface area contributed by atoms with Crippen LogP contribution >= 0.6 is 11.8 Å². The van der Waals surface area contributed by atoms with E-state index in [0.29, 0.717) is 5.75 Å². The van der Waals surface area contributed by atoms with Crippen molar-refractivity contribution in [1.29, 1.82) is 0 Å². The fourth-order valence-electron chi connectivity index (χ4n) is 1.66. The molecule has 0 amide bonds. The van der Waals surface area contributed by atoms with Crippen molar-refractivity contribution < 1.29 is 18.6 Å². The molecule has 0 fully saturated rings. The van der Waals surface area contributed by atoms with E-state index in [-0.39, 0.29) is 12.2 Å². The van der Waals surface area contributed by atoms with Gasteiger partial charge >= 0.3 is 0 Å². The van der Waals surface area contributed by atoms with Crippen LogP contribution in [0, 0.1) is 11.6 Å². The maximum atomic E-state index is 13.6. The Morgan fingerprint density at radius 2 is 1.70 bits per heavy atom. The van der Waals surface area contributed by atoms with Crippen LogP contribution in [0.2, 0.25) is 0 Å². The highest BCUT2D eigenvalue weighted by atomic mass is 32.2. The summed E-state index contributed by atoms with van der Waals surface area (Å²) < 4.78 is 32.3. The average Bonchev–Trinajstić information content (AvgIpc) is 2.46. The molecule has 0 spiro atoms. The molecule has 1 N–H and O–H groups in total. The summed E-state index contributed by atoms with van der Waals surface area (Å²) in [7, 11) is 0. The zero-order valence-corrected chi connectivity index (χ0v) is 11.5. The summed E-state index contributed by atoms with van der Waals surface area (Å²) in [6, 6.07) is 11.8. The molecule has 2 aromatic carbocycles. The van der Waals surface area contributed by atoms with Gasteiger partial charge in [0.1, 0.15) is 0 Å². The van der Waals surface area contributed by atoms with Crippen LogP contribution in [0.3, 0.4) is 0 Å². The van der Waals surface area contributed by atoms with Gasteiger partial charge in [-0.05, 0) is 29.8 Å². The highest BCUT2D eigenvalue weighted by Crippen LogP contribution is 2.24. The lowest BCUT2D eigenvalue weighted by Gasteiger charge is -2.09. The topological polar surface area (TPSA) is 29.5 Å². The van der Waals surface area contributed by atoms with Gasteiger partial charge in [0.05, 0.1) is 13.2 Å².